The average Bonchev–Trinajstić information content (AvgIpc) is 2.50. The molecule has 0 aliphatic heterocycles. The number of rotatable bonds is 7. The van der Waals surface area contributed by atoms with Gasteiger partial charge in [0.1, 0.15) is 18.2 Å². The summed E-state index contributed by atoms with van der Waals surface area (Å²) in [6, 6.07) is 8.59. The molecule has 112 valence electrons. The van der Waals surface area contributed by atoms with Crippen molar-refractivity contribution < 1.29 is 9.13 Å². The van der Waals surface area contributed by atoms with Crippen LogP contribution in [0.25, 0.3) is 0 Å². The van der Waals surface area contributed by atoms with Crippen LogP contribution in [0.4, 0.5) is 4.39 Å². The van der Waals surface area contributed by atoms with Crippen LogP contribution in [0.2, 0.25) is 5.02 Å². The monoisotopic (exact) mass is 308 g/mol. The maximum atomic E-state index is 13.7. The minimum Gasteiger partial charge on any atom is -0.487 e. The van der Waals surface area contributed by atoms with Crippen LogP contribution in [0.3, 0.4) is 0 Å². The van der Waals surface area contributed by atoms with Gasteiger partial charge in [0, 0.05) is 12.1 Å². The molecule has 0 atom stereocenters. The van der Waals surface area contributed by atoms with Gasteiger partial charge in [-0.15, -0.1) is 0 Å². The number of nitrogens with zero attached hydrogens (tertiary/aromatic N) is 1. The predicted molar refractivity (Wildman–Crippen MR) is 82.0 cm³/mol. The fraction of sp³-hybridized carbons (Fsp3) is 0.312. The van der Waals surface area contributed by atoms with Gasteiger partial charge in [0.25, 0.3) is 0 Å². The van der Waals surface area contributed by atoms with Crippen molar-refractivity contribution in [2.45, 2.75) is 26.5 Å². The van der Waals surface area contributed by atoms with E-state index in [1.165, 1.54) is 6.07 Å². The molecule has 0 saturated heterocycles. The van der Waals surface area contributed by atoms with Gasteiger partial charge in [-0.05, 0) is 31.2 Å². The van der Waals surface area contributed by atoms with E-state index in [0.717, 1.165) is 25.2 Å². The van der Waals surface area contributed by atoms with Gasteiger partial charge in [0.2, 0.25) is 0 Å². The van der Waals surface area contributed by atoms with E-state index in [-0.39, 0.29) is 11.6 Å². The summed E-state index contributed by atoms with van der Waals surface area (Å²) in [5, 5.41) is 3.38. The third-order valence-corrected chi connectivity index (χ3v) is 3.25. The number of hydrogen-bond donors (Lipinski definition) is 1. The molecule has 0 spiro atoms. The predicted octanol–water partition coefficient (Wildman–Crippen LogP) is 3.95. The molecule has 0 aliphatic carbocycles. The van der Waals surface area contributed by atoms with Crippen LogP contribution in [0.1, 0.15) is 24.6 Å². The van der Waals surface area contributed by atoms with Crippen LogP contribution in [-0.2, 0) is 13.2 Å². The lowest BCUT2D eigenvalue weighted by atomic mass is 10.2. The molecular weight excluding hydrogens is 291 g/mol. The van der Waals surface area contributed by atoms with Crippen molar-refractivity contribution in [1.29, 1.82) is 0 Å². The zero-order chi connectivity index (χ0) is 15.1. The Kier molecular flexibility index (Phi) is 5.96. The Morgan fingerprint density at radius 1 is 1.29 bits per heavy atom. The average molecular weight is 309 g/mol. The normalized spacial score (nSPS) is 10.6. The van der Waals surface area contributed by atoms with Gasteiger partial charge in [0.15, 0.2) is 0 Å². The van der Waals surface area contributed by atoms with Crippen LogP contribution in [0.5, 0.6) is 5.75 Å². The highest BCUT2D eigenvalue weighted by atomic mass is 35.5. The molecule has 0 unspecified atom stereocenters. The summed E-state index contributed by atoms with van der Waals surface area (Å²) in [5.74, 6) is 0.168. The van der Waals surface area contributed by atoms with Crippen molar-refractivity contribution in [1.82, 2.24) is 10.3 Å². The Bertz CT molecular complexity index is 575. The highest BCUT2D eigenvalue weighted by Crippen LogP contribution is 2.19. The fourth-order valence-electron chi connectivity index (χ4n) is 1.82. The molecule has 0 amide bonds. The van der Waals surface area contributed by atoms with E-state index in [0.29, 0.717) is 11.3 Å². The molecule has 2 rings (SSSR count). The maximum absolute atomic E-state index is 13.7. The zero-order valence-corrected chi connectivity index (χ0v) is 12.7. The lowest BCUT2D eigenvalue weighted by molar-refractivity contribution is 0.298. The van der Waals surface area contributed by atoms with E-state index in [2.05, 4.69) is 17.2 Å². The summed E-state index contributed by atoms with van der Waals surface area (Å²) >= 11 is 5.73. The van der Waals surface area contributed by atoms with Crippen molar-refractivity contribution in [2.75, 3.05) is 6.54 Å². The second-order valence-corrected chi connectivity index (χ2v) is 5.07. The second kappa shape index (κ2) is 7.96. The van der Waals surface area contributed by atoms with Crippen molar-refractivity contribution >= 4 is 11.6 Å². The first-order valence-corrected chi connectivity index (χ1v) is 7.30. The van der Waals surface area contributed by atoms with Crippen LogP contribution in [0, 0.1) is 5.82 Å². The molecular formula is C16H18ClFN2O. The molecule has 0 saturated carbocycles. The van der Waals surface area contributed by atoms with Gasteiger partial charge in [-0.2, -0.15) is 0 Å². The Labute approximate surface area is 129 Å². The first-order valence-electron chi connectivity index (χ1n) is 6.92. The molecule has 1 heterocycles. The minimum atomic E-state index is -0.437. The molecule has 1 aromatic carbocycles. The molecule has 0 bridgehead atoms. The molecule has 0 fully saturated rings. The van der Waals surface area contributed by atoms with E-state index in [1.54, 1.807) is 18.3 Å². The Morgan fingerprint density at radius 3 is 2.86 bits per heavy atom. The van der Waals surface area contributed by atoms with Crippen LogP contribution < -0.4 is 10.1 Å². The number of halogens is 2. The smallest absolute Gasteiger partial charge is 0.148 e. The van der Waals surface area contributed by atoms with E-state index < -0.39 is 5.82 Å². The maximum Gasteiger partial charge on any atom is 0.148 e. The quantitative estimate of drug-likeness (QED) is 0.786. The van der Waals surface area contributed by atoms with E-state index in [9.17, 15) is 4.39 Å². The summed E-state index contributed by atoms with van der Waals surface area (Å²) in [6.45, 7) is 3.94. The van der Waals surface area contributed by atoms with Gasteiger partial charge in [-0.3, -0.25) is 4.98 Å². The lowest BCUT2D eigenvalue weighted by Gasteiger charge is -2.08. The van der Waals surface area contributed by atoms with Crippen molar-refractivity contribution in [2.24, 2.45) is 0 Å². The number of aromatic nitrogens is 1. The highest BCUT2D eigenvalue weighted by molar-refractivity contribution is 6.30. The van der Waals surface area contributed by atoms with Crippen LogP contribution in [0.15, 0.2) is 36.5 Å². The summed E-state index contributed by atoms with van der Waals surface area (Å²) in [6.07, 6.45) is 2.73. The topological polar surface area (TPSA) is 34.1 Å². The molecule has 3 nitrogen and oxygen atoms in total. The molecule has 1 N–H and O–H groups in total. The third-order valence-electron chi connectivity index (χ3n) is 2.96. The number of hydrogen-bond acceptors (Lipinski definition) is 3. The van der Waals surface area contributed by atoms with Gasteiger partial charge in [-0.1, -0.05) is 30.7 Å². The highest BCUT2D eigenvalue weighted by Gasteiger charge is 2.06. The molecule has 21 heavy (non-hydrogen) atoms. The van der Waals surface area contributed by atoms with Crippen molar-refractivity contribution in [3.8, 4) is 5.75 Å². The summed E-state index contributed by atoms with van der Waals surface area (Å²) in [5.41, 5.74) is 1.38. The fourth-order valence-corrected chi connectivity index (χ4v) is 2.01. The lowest BCUT2D eigenvalue weighted by Crippen LogP contribution is -2.14. The number of ether oxygens (including phenoxy) is 1. The van der Waals surface area contributed by atoms with Crippen molar-refractivity contribution in [3.05, 3.63) is 58.6 Å². The molecule has 1 aromatic heterocycles. The summed E-state index contributed by atoms with van der Waals surface area (Å²) in [7, 11) is 0. The van der Waals surface area contributed by atoms with Gasteiger partial charge in [-0.25, -0.2) is 4.39 Å². The molecule has 2 aromatic rings. The minimum absolute atomic E-state index is 0.103. The van der Waals surface area contributed by atoms with Crippen LogP contribution in [-0.4, -0.2) is 11.5 Å². The zero-order valence-electron chi connectivity index (χ0n) is 11.9. The molecule has 0 radical (unpaired) electrons. The standard InChI is InChI=1S/C16H18ClFN2O/c1-2-8-19-9-13-6-7-14(10-20-13)21-11-12-4-3-5-15(17)16(12)18/h3-7,10,19H,2,8-9,11H2,1H3. The van der Waals surface area contributed by atoms with Crippen LogP contribution >= 0.6 is 11.6 Å². The number of benzene rings is 1. The molecule has 5 heteroatoms. The Morgan fingerprint density at radius 2 is 2.14 bits per heavy atom. The largest absolute Gasteiger partial charge is 0.487 e. The first kappa shape index (κ1) is 15.7. The van der Waals surface area contributed by atoms with Gasteiger partial charge in [0.05, 0.1) is 16.9 Å². The van der Waals surface area contributed by atoms with Gasteiger partial charge >= 0.3 is 0 Å². The van der Waals surface area contributed by atoms with E-state index >= 15 is 0 Å². The number of pyridine rings is 1. The Balaban J connectivity index is 1.90. The Hall–Kier alpha value is -1.65. The summed E-state index contributed by atoms with van der Waals surface area (Å²) < 4.78 is 19.2. The van der Waals surface area contributed by atoms with Gasteiger partial charge < -0.3 is 10.1 Å². The first-order chi connectivity index (χ1) is 10.2. The number of nitrogens with one attached hydrogen (secondary N) is 1. The second-order valence-electron chi connectivity index (χ2n) is 4.66. The van der Waals surface area contributed by atoms with Crippen molar-refractivity contribution in [3.63, 3.8) is 0 Å². The molecule has 0 aliphatic rings. The SMILES string of the molecule is CCCNCc1ccc(OCc2cccc(Cl)c2F)cn1. The van der Waals surface area contributed by atoms with E-state index in [1.807, 2.05) is 12.1 Å². The third kappa shape index (κ3) is 4.69. The summed E-state index contributed by atoms with van der Waals surface area (Å²) in [4.78, 5) is 4.30. The van der Waals surface area contributed by atoms with E-state index in [4.69, 9.17) is 16.3 Å².